The van der Waals surface area contributed by atoms with E-state index in [1.54, 1.807) is 13.0 Å². The van der Waals surface area contributed by atoms with E-state index >= 15 is 0 Å². The normalized spacial score (nSPS) is 20.6. The van der Waals surface area contributed by atoms with E-state index in [2.05, 4.69) is 0 Å². The molecule has 0 aromatic heterocycles. The minimum absolute atomic E-state index is 0.0897. The molecule has 0 bridgehead atoms. The Morgan fingerprint density at radius 1 is 1.64 bits per heavy atom. The lowest BCUT2D eigenvalue weighted by atomic mass is 10.1. The molecule has 58 valence electrons. The maximum absolute atomic E-state index is 11.2. The average Bonchev–Trinajstić information content (AvgIpc) is 2.31. The lowest BCUT2D eigenvalue weighted by Crippen LogP contribution is -1.95. The van der Waals surface area contributed by atoms with Crippen LogP contribution < -0.4 is 0 Å². The molecule has 0 N–H and O–H groups in total. The van der Waals surface area contributed by atoms with Gasteiger partial charge in [0.1, 0.15) is 6.29 Å². The summed E-state index contributed by atoms with van der Waals surface area (Å²) >= 11 is 0. The second-order valence-electron chi connectivity index (χ2n) is 2.55. The second kappa shape index (κ2) is 3.28. The van der Waals surface area contributed by atoms with Gasteiger partial charge in [-0.2, -0.15) is 0 Å². The summed E-state index contributed by atoms with van der Waals surface area (Å²) in [6.45, 7) is 1.80. The quantitative estimate of drug-likeness (QED) is 0.440. The maximum atomic E-state index is 11.2. The van der Waals surface area contributed by atoms with Crippen molar-refractivity contribution in [3.63, 3.8) is 0 Å². The number of carbonyl (C=O) groups is 2. The van der Waals surface area contributed by atoms with Crippen LogP contribution in [0.3, 0.4) is 0 Å². The fourth-order valence-electron chi connectivity index (χ4n) is 1.07. The number of Topliss-reactive ketones (excluding diaryl/α,β-unsaturated/α-hetero) is 1. The highest BCUT2D eigenvalue weighted by Gasteiger charge is 2.15. The summed E-state index contributed by atoms with van der Waals surface area (Å²) in [6, 6.07) is 0. The number of rotatable bonds is 2. The van der Waals surface area contributed by atoms with Gasteiger partial charge in [0.2, 0.25) is 0 Å². The molecule has 0 aliphatic heterocycles. The number of hydrogen-bond donors (Lipinski definition) is 0. The highest BCUT2D eigenvalue weighted by molar-refractivity contribution is 6.10. The molecule has 0 aromatic carbocycles. The van der Waals surface area contributed by atoms with Crippen molar-refractivity contribution in [2.75, 3.05) is 0 Å². The van der Waals surface area contributed by atoms with Gasteiger partial charge in [-0.1, -0.05) is 12.2 Å². The van der Waals surface area contributed by atoms with Gasteiger partial charge in [0.05, 0.1) is 0 Å². The first-order valence-electron chi connectivity index (χ1n) is 3.60. The predicted octanol–water partition coefficient (Wildman–Crippen LogP) is 1.42. The van der Waals surface area contributed by atoms with Crippen molar-refractivity contribution in [1.82, 2.24) is 0 Å². The first kappa shape index (κ1) is 7.92. The minimum Gasteiger partial charge on any atom is -0.303 e. The van der Waals surface area contributed by atoms with E-state index in [1.807, 2.05) is 6.08 Å². The molecule has 1 aliphatic carbocycles. The van der Waals surface area contributed by atoms with Crippen LogP contribution in [0.5, 0.6) is 0 Å². The molecule has 1 aliphatic rings. The van der Waals surface area contributed by atoms with Crippen molar-refractivity contribution < 1.29 is 9.59 Å². The number of hydrogen-bond acceptors (Lipinski definition) is 2. The fourth-order valence-corrected chi connectivity index (χ4v) is 1.07. The highest BCUT2D eigenvalue weighted by Crippen LogP contribution is 2.19. The summed E-state index contributed by atoms with van der Waals surface area (Å²) in [7, 11) is 0. The van der Waals surface area contributed by atoms with Gasteiger partial charge >= 0.3 is 0 Å². The molecule has 0 saturated carbocycles. The minimum atomic E-state index is 0.0897. The van der Waals surface area contributed by atoms with E-state index < -0.39 is 0 Å². The Balaban J connectivity index is 2.67. The van der Waals surface area contributed by atoms with Crippen LogP contribution in [0.1, 0.15) is 19.8 Å². The van der Waals surface area contributed by atoms with Crippen LogP contribution in [0, 0.1) is 0 Å². The van der Waals surface area contributed by atoms with Gasteiger partial charge in [-0.25, -0.2) is 0 Å². The van der Waals surface area contributed by atoms with E-state index in [9.17, 15) is 9.59 Å². The van der Waals surface area contributed by atoms with E-state index in [-0.39, 0.29) is 5.78 Å². The van der Waals surface area contributed by atoms with E-state index in [4.69, 9.17) is 0 Å². The Kier molecular flexibility index (Phi) is 2.36. The summed E-state index contributed by atoms with van der Waals surface area (Å²) < 4.78 is 0. The van der Waals surface area contributed by atoms with Crippen molar-refractivity contribution in [2.24, 2.45) is 0 Å². The number of aldehydes is 1. The van der Waals surface area contributed by atoms with Crippen LogP contribution in [0.4, 0.5) is 0 Å². The Morgan fingerprint density at radius 3 is 2.82 bits per heavy atom. The standard InChI is InChI=1S/C9H10O2/c1-7-4-5-8(9(7)11)3-2-6-10/h3-4,6H,2,5H2,1H3/b8-3+. The molecule has 11 heavy (non-hydrogen) atoms. The third-order valence-corrected chi connectivity index (χ3v) is 1.74. The third-order valence-electron chi connectivity index (χ3n) is 1.74. The summed E-state index contributed by atoms with van der Waals surface area (Å²) in [4.78, 5) is 21.1. The van der Waals surface area contributed by atoms with E-state index in [0.29, 0.717) is 12.8 Å². The summed E-state index contributed by atoms with van der Waals surface area (Å²) in [5.41, 5.74) is 1.55. The smallest absolute Gasteiger partial charge is 0.184 e. The van der Waals surface area contributed by atoms with Gasteiger partial charge in [-0.15, -0.1) is 0 Å². The van der Waals surface area contributed by atoms with Crippen molar-refractivity contribution in [3.8, 4) is 0 Å². The maximum Gasteiger partial charge on any atom is 0.184 e. The molecule has 0 radical (unpaired) electrons. The van der Waals surface area contributed by atoms with Crippen molar-refractivity contribution >= 4 is 12.1 Å². The Bertz CT molecular complexity index is 246. The van der Waals surface area contributed by atoms with Crippen LogP contribution in [0.2, 0.25) is 0 Å². The zero-order valence-electron chi connectivity index (χ0n) is 6.46. The van der Waals surface area contributed by atoms with Crippen LogP contribution in [-0.4, -0.2) is 12.1 Å². The van der Waals surface area contributed by atoms with Crippen molar-refractivity contribution in [2.45, 2.75) is 19.8 Å². The van der Waals surface area contributed by atoms with Crippen molar-refractivity contribution in [1.29, 1.82) is 0 Å². The number of ketones is 1. The summed E-state index contributed by atoms with van der Waals surface area (Å²) in [5.74, 6) is 0.0897. The monoisotopic (exact) mass is 150 g/mol. The topological polar surface area (TPSA) is 34.1 Å². The first-order valence-corrected chi connectivity index (χ1v) is 3.60. The molecular formula is C9H10O2. The third kappa shape index (κ3) is 1.64. The molecule has 1 rings (SSSR count). The van der Waals surface area contributed by atoms with Crippen LogP contribution in [-0.2, 0) is 9.59 Å². The lowest BCUT2D eigenvalue weighted by Gasteiger charge is -1.91. The summed E-state index contributed by atoms with van der Waals surface area (Å²) in [6.07, 6.45) is 5.43. The van der Waals surface area contributed by atoms with E-state index in [0.717, 1.165) is 17.4 Å². The van der Waals surface area contributed by atoms with E-state index in [1.165, 1.54) is 0 Å². The van der Waals surface area contributed by atoms with Crippen molar-refractivity contribution in [3.05, 3.63) is 23.3 Å². The lowest BCUT2D eigenvalue weighted by molar-refractivity contribution is -0.111. The fraction of sp³-hybridized carbons (Fsp3) is 0.333. The molecule has 0 fully saturated rings. The highest BCUT2D eigenvalue weighted by atomic mass is 16.1. The largest absolute Gasteiger partial charge is 0.303 e. The van der Waals surface area contributed by atoms with Crippen LogP contribution >= 0.6 is 0 Å². The van der Waals surface area contributed by atoms with Gasteiger partial charge in [0, 0.05) is 6.42 Å². The zero-order valence-corrected chi connectivity index (χ0v) is 6.46. The van der Waals surface area contributed by atoms with Crippen LogP contribution in [0.15, 0.2) is 23.3 Å². The molecule has 0 amide bonds. The van der Waals surface area contributed by atoms with Gasteiger partial charge in [-0.3, -0.25) is 4.79 Å². The molecule has 0 heterocycles. The van der Waals surface area contributed by atoms with Crippen LogP contribution in [0.25, 0.3) is 0 Å². The molecule has 0 unspecified atom stereocenters. The molecule has 2 nitrogen and oxygen atoms in total. The molecule has 0 saturated heterocycles. The average molecular weight is 150 g/mol. The molecular weight excluding hydrogens is 140 g/mol. The Hall–Kier alpha value is -1.18. The van der Waals surface area contributed by atoms with Gasteiger partial charge < -0.3 is 4.79 Å². The zero-order chi connectivity index (χ0) is 8.27. The Labute approximate surface area is 65.6 Å². The number of carbonyl (C=O) groups excluding carboxylic acids is 2. The summed E-state index contributed by atoms with van der Waals surface area (Å²) in [5, 5.41) is 0. The second-order valence-corrected chi connectivity index (χ2v) is 2.55. The number of allylic oxidation sites excluding steroid dienone is 4. The molecule has 2 heteroatoms. The predicted molar refractivity (Wildman–Crippen MR) is 42.1 cm³/mol. The Morgan fingerprint density at radius 2 is 2.36 bits per heavy atom. The SMILES string of the molecule is CC1=CC/C(=C\CC=O)C1=O. The first-order chi connectivity index (χ1) is 5.25. The van der Waals surface area contributed by atoms with Gasteiger partial charge in [0.25, 0.3) is 0 Å². The molecule has 0 spiro atoms. The van der Waals surface area contributed by atoms with Gasteiger partial charge in [0.15, 0.2) is 5.78 Å². The van der Waals surface area contributed by atoms with Gasteiger partial charge in [-0.05, 0) is 24.5 Å². The molecule has 0 atom stereocenters. The molecule has 0 aromatic rings.